The number of rotatable bonds is 7. The molecule has 0 aromatic carbocycles. The summed E-state index contributed by atoms with van der Waals surface area (Å²) in [4.78, 5) is 13.3. The summed E-state index contributed by atoms with van der Waals surface area (Å²) in [6.45, 7) is 6.55. The van der Waals surface area contributed by atoms with Crippen LogP contribution < -0.4 is 5.32 Å². The van der Waals surface area contributed by atoms with E-state index in [1.807, 2.05) is 6.92 Å². The van der Waals surface area contributed by atoms with Gasteiger partial charge in [-0.15, -0.1) is 6.42 Å². The molecule has 0 aliphatic rings. The van der Waals surface area contributed by atoms with Gasteiger partial charge in [-0.2, -0.15) is 0 Å². The highest BCUT2D eigenvalue weighted by molar-refractivity contribution is 5.78. The highest BCUT2D eigenvalue weighted by Gasteiger charge is 2.09. The molecule has 0 aliphatic heterocycles. The van der Waals surface area contributed by atoms with Crippen molar-refractivity contribution in [1.82, 2.24) is 10.2 Å². The molecule has 3 heteroatoms. The summed E-state index contributed by atoms with van der Waals surface area (Å²) in [5.74, 6) is 2.60. The Bertz CT molecular complexity index is 196. The fourth-order valence-electron chi connectivity index (χ4n) is 1.16. The summed E-state index contributed by atoms with van der Waals surface area (Å²) >= 11 is 0. The van der Waals surface area contributed by atoms with Crippen molar-refractivity contribution in [3.8, 4) is 12.3 Å². The molecule has 0 saturated carbocycles. The number of nitrogens with one attached hydrogen (secondary N) is 1. The van der Waals surface area contributed by atoms with Crippen LogP contribution in [0.25, 0.3) is 0 Å². The van der Waals surface area contributed by atoms with Crippen molar-refractivity contribution in [1.29, 1.82) is 0 Å². The Morgan fingerprint density at radius 2 is 2.14 bits per heavy atom. The van der Waals surface area contributed by atoms with Gasteiger partial charge in [-0.25, -0.2) is 0 Å². The van der Waals surface area contributed by atoms with Crippen LogP contribution in [0.3, 0.4) is 0 Å². The minimum absolute atomic E-state index is 0.0956. The Balaban J connectivity index is 3.83. The predicted octanol–water partition coefficient (Wildman–Crippen LogP) is 0.858. The van der Waals surface area contributed by atoms with Gasteiger partial charge in [0.2, 0.25) is 5.91 Å². The summed E-state index contributed by atoms with van der Waals surface area (Å²) < 4.78 is 0. The zero-order chi connectivity index (χ0) is 10.8. The second-order valence-electron chi connectivity index (χ2n) is 3.20. The molecule has 0 aliphatic carbocycles. The van der Waals surface area contributed by atoms with E-state index in [1.54, 1.807) is 4.90 Å². The van der Waals surface area contributed by atoms with Crippen LogP contribution >= 0.6 is 0 Å². The molecule has 0 unspecified atom stereocenters. The number of nitrogens with zero attached hydrogens (tertiary/aromatic N) is 1. The summed E-state index contributed by atoms with van der Waals surface area (Å²) in [5, 5.41) is 3.07. The lowest BCUT2D eigenvalue weighted by atomic mass is 10.3. The second-order valence-corrected chi connectivity index (χ2v) is 3.20. The van der Waals surface area contributed by atoms with E-state index in [2.05, 4.69) is 18.2 Å². The molecule has 3 nitrogen and oxygen atoms in total. The summed E-state index contributed by atoms with van der Waals surface area (Å²) in [7, 11) is 0. The van der Waals surface area contributed by atoms with E-state index >= 15 is 0 Å². The molecule has 0 radical (unpaired) electrons. The monoisotopic (exact) mass is 196 g/mol. The quantitative estimate of drug-likeness (QED) is 0.484. The average Bonchev–Trinajstić information content (AvgIpc) is 2.18. The van der Waals surface area contributed by atoms with Crippen molar-refractivity contribution in [2.75, 3.05) is 26.2 Å². The minimum atomic E-state index is 0.0956. The van der Waals surface area contributed by atoms with E-state index < -0.39 is 0 Å². The summed E-state index contributed by atoms with van der Waals surface area (Å²) in [6, 6.07) is 0. The van der Waals surface area contributed by atoms with Gasteiger partial charge in [0.05, 0.1) is 13.1 Å². The number of carbonyl (C=O) groups is 1. The van der Waals surface area contributed by atoms with Gasteiger partial charge in [-0.3, -0.25) is 4.79 Å². The van der Waals surface area contributed by atoms with Gasteiger partial charge in [0.15, 0.2) is 0 Å². The van der Waals surface area contributed by atoms with Gasteiger partial charge in [0.25, 0.3) is 0 Å². The largest absolute Gasteiger partial charge is 0.330 e. The van der Waals surface area contributed by atoms with Gasteiger partial charge >= 0.3 is 0 Å². The zero-order valence-electron chi connectivity index (χ0n) is 9.18. The van der Waals surface area contributed by atoms with Crippen molar-refractivity contribution in [2.45, 2.75) is 26.7 Å². The lowest BCUT2D eigenvalue weighted by Crippen LogP contribution is -2.39. The lowest BCUT2D eigenvalue weighted by molar-refractivity contribution is -0.129. The van der Waals surface area contributed by atoms with Crippen LogP contribution in [-0.2, 0) is 4.79 Å². The third-order valence-corrected chi connectivity index (χ3v) is 1.83. The third kappa shape index (κ3) is 5.60. The normalized spacial score (nSPS) is 9.50. The van der Waals surface area contributed by atoms with Crippen molar-refractivity contribution < 1.29 is 4.79 Å². The first-order chi connectivity index (χ1) is 6.76. The topological polar surface area (TPSA) is 32.3 Å². The van der Waals surface area contributed by atoms with Crippen LogP contribution in [0.2, 0.25) is 0 Å². The summed E-state index contributed by atoms with van der Waals surface area (Å²) in [5.41, 5.74) is 0. The predicted molar refractivity (Wildman–Crippen MR) is 58.9 cm³/mol. The Labute approximate surface area is 86.9 Å². The average molecular weight is 196 g/mol. The van der Waals surface area contributed by atoms with Gasteiger partial charge < -0.3 is 10.2 Å². The van der Waals surface area contributed by atoms with Crippen LogP contribution in [0, 0.1) is 12.3 Å². The van der Waals surface area contributed by atoms with Crippen LogP contribution in [0.4, 0.5) is 0 Å². The third-order valence-electron chi connectivity index (χ3n) is 1.83. The van der Waals surface area contributed by atoms with E-state index in [0.717, 1.165) is 25.9 Å². The van der Waals surface area contributed by atoms with Crippen LogP contribution in [0.1, 0.15) is 26.7 Å². The molecular weight excluding hydrogens is 176 g/mol. The van der Waals surface area contributed by atoms with E-state index in [0.29, 0.717) is 13.1 Å². The molecule has 14 heavy (non-hydrogen) atoms. The fraction of sp³-hybridized carbons (Fsp3) is 0.727. The van der Waals surface area contributed by atoms with E-state index in [4.69, 9.17) is 6.42 Å². The molecule has 1 N–H and O–H groups in total. The first-order valence-corrected chi connectivity index (χ1v) is 5.18. The van der Waals surface area contributed by atoms with Gasteiger partial charge in [-0.1, -0.05) is 19.8 Å². The smallest absolute Gasteiger partial charge is 0.237 e. The first-order valence-electron chi connectivity index (χ1n) is 5.18. The molecule has 0 spiro atoms. The minimum Gasteiger partial charge on any atom is -0.330 e. The highest BCUT2D eigenvalue weighted by atomic mass is 16.2. The Morgan fingerprint density at radius 1 is 1.43 bits per heavy atom. The van der Waals surface area contributed by atoms with Gasteiger partial charge in [0.1, 0.15) is 0 Å². The Kier molecular flexibility index (Phi) is 7.96. The number of hydrogen-bond acceptors (Lipinski definition) is 2. The molecule has 80 valence electrons. The fourth-order valence-corrected chi connectivity index (χ4v) is 1.16. The van der Waals surface area contributed by atoms with Crippen LogP contribution in [-0.4, -0.2) is 37.0 Å². The maximum absolute atomic E-state index is 11.6. The van der Waals surface area contributed by atoms with Gasteiger partial charge in [-0.05, 0) is 19.4 Å². The van der Waals surface area contributed by atoms with E-state index in [1.165, 1.54) is 0 Å². The lowest BCUT2D eigenvalue weighted by Gasteiger charge is -2.19. The number of terminal acetylenes is 1. The molecule has 0 rings (SSSR count). The molecule has 1 amide bonds. The molecule has 0 fully saturated rings. The molecule has 0 aromatic rings. The SMILES string of the molecule is C#CCN(CCC)C(=O)CNCCC. The highest BCUT2D eigenvalue weighted by Crippen LogP contribution is 1.91. The Hall–Kier alpha value is -1.01. The molecular formula is C11H20N2O. The Morgan fingerprint density at radius 3 is 2.64 bits per heavy atom. The van der Waals surface area contributed by atoms with E-state index in [-0.39, 0.29) is 5.91 Å². The molecule has 0 atom stereocenters. The van der Waals surface area contributed by atoms with Crippen LogP contribution in [0.5, 0.6) is 0 Å². The second kappa shape index (κ2) is 8.58. The van der Waals surface area contributed by atoms with Crippen molar-refractivity contribution >= 4 is 5.91 Å². The number of carbonyl (C=O) groups excluding carboxylic acids is 1. The summed E-state index contributed by atoms with van der Waals surface area (Å²) in [6.07, 6.45) is 7.17. The molecule has 0 bridgehead atoms. The number of hydrogen-bond donors (Lipinski definition) is 1. The maximum atomic E-state index is 11.6. The maximum Gasteiger partial charge on any atom is 0.237 e. The van der Waals surface area contributed by atoms with Crippen molar-refractivity contribution in [3.05, 3.63) is 0 Å². The molecule has 0 heterocycles. The molecule has 0 saturated heterocycles. The van der Waals surface area contributed by atoms with Crippen LogP contribution in [0.15, 0.2) is 0 Å². The standard InChI is InChI=1S/C11H20N2O/c1-4-7-12-10-11(14)13(8-5-2)9-6-3/h2,12H,4,6-10H2,1,3H3. The van der Waals surface area contributed by atoms with E-state index in [9.17, 15) is 4.79 Å². The molecule has 0 aromatic heterocycles. The first kappa shape index (κ1) is 13.0. The zero-order valence-corrected chi connectivity index (χ0v) is 9.18. The van der Waals surface area contributed by atoms with Crippen molar-refractivity contribution in [3.63, 3.8) is 0 Å². The van der Waals surface area contributed by atoms with Gasteiger partial charge in [0, 0.05) is 6.54 Å². The van der Waals surface area contributed by atoms with Crippen molar-refractivity contribution in [2.24, 2.45) is 0 Å². The number of amides is 1.